The summed E-state index contributed by atoms with van der Waals surface area (Å²) in [5.41, 5.74) is 0.400. The number of hydrogen-bond donors (Lipinski definition) is 1. The molecular weight excluding hydrogens is 146 g/mol. The first-order valence-electron chi connectivity index (χ1n) is 3.37. The van der Waals surface area contributed by atoms with Crippen LogP contribution in [0.1, 0.15) is 6.92 Å². The number of carbonyl (C=O) groups is 2. The summed E-state index contributed by atoms with van der Waals surface area (Å²) in [6.45, 7) is 2.59. The molecule has 1 heterocycles. The Bertz CT molecular complexity index is 220. The normalized spacial score (nSPS) is 16.6. The van der Waals surface area contributed by atoms with Crippen molar-refractivity contribution in [3.05, 3.63) is 11.6 Å². The maximum Gasteiger partial charge on any atom is 0.256 e. The van der Waals surface area contributed by atoms with Crippen molar-refractivity contribution in [1.82, 2.24) is 5.32 Å². The summed E-state index contributed by atoms with van der Waals surface area (Å²) in [6, 6.07) is 0. The molecule has 0 unspecified atom stereocenters. The van der Waals surface area contributed by atoms with E-state index in [4.69, 9.17) is 4.74 Å². The van der Waals surface area contributed by atoms with Crippen LogP contribution in [0.25, 0.3) is 0 Å². The monoisotopic (exact) mass is 155 g/mol. The second-order valence-corrected chi connectivity index (χ2v) is 2.13. The summed E-state index contributed by atoms with van der Waals surface area (Å²) in [6.07, 6.45) is 1.26. The molecule has 1 aliphatic rings. The highest BCUT2D eigenvalue weighted by Gasteiger charge is 2.19. The van der Waals surface area contributed by atoms with Crippen LogP contribution >= 0.6 is 0 Å². The standard InChI is InChI=1S/C7H9NO3/c1-2-11-4-5-3-6(9)8-7(5)10/h3H,2,4H2,1H3,(H,8,9,10). The van der Waals surface area contributed by atoms with Gasteiger partial charge in [0.1, 0.15) is 0 Å². The zero-order chi connectivity index (χ0) is 8.27. The van der Waals surface area contributed by atoms with Gasteiger partial charge in [-0.1, -0.05) is 0 Å². The van der Waals surface area contributed by atoms with Crippen LogP contribution in [0, 0.1) is 0 Å². The van der Waals surface area contributed by atoms with Gasteiger partial charge in [-0.05, 0) is 6.92 Å². The predicted molar refractivity (Wildman–Crippen MR) is 37.7 cm³/mol. The van der Waals surface area contributed by atoms with Gasteiger partial charge in [0.15, 0.2) is 0 Å². The first-order chi connectivity index (χ1) is 5.24. The molecule has 0 radical (unpaired) electrons. The molecule has 2 amide bonds. The lowest BCUT2D eigenvalue weighted by Gasteiger charge is -1.97. The molecule has 0 aromatic rings. The lowest BCUT2D eigenvalue weighted by Crippen LogP contribution is -2.23. The second-order valence-electron chi connectivity index (χ2n) is 2.13. The van der Waals surface area contributed by atoms with E-state index in [1.807, 2.05) is 6.92 Å². The van der Waals surface area contributed by atoms with Crippen LogP contribution in [0.2, 0.25) is 0 Å². The topological polar surface area (TPSA) is 55.4 Å². The van der Waals surface area contributed by atoms with Crippen molar-refractivity contribution in [3.63, 3.8) is 0 Å². The van der Waals surface area contributed by atoms with Gasteiger partial charge >= 0.3 is 0 Å². The Morgan fingerprint density at radius 3 is 2.73 bits per heavy atom. The van der Waals surface area contributed by atoms with Crippen LogP contribution < -0.4 is 5.32 Å². The highest BCUT2D eigenvalue weighted by molar-refractivity contribution is 6.16. The van der Waals surface area contributed by atoms with Crippen LogP contribution in [0.15, 0.2) is 11.6 Å². The van der Waals surface area contributed by atoms with Crippen molar-refractivity contribution in [1.29, 1.82) is 0 Å². The van der Waals surface area contributed by atoms with Gasteiger partial charge in [0.25, 0.3) is 11.8 Å². The molecule has 0 aromatic heterocycles. The van der Waals surface area contributed by atoms with E-state index in [0.29, 0.717) is 12.2 Å². The number of rotatable bonds is 3. The molecule has 4 heteroatoms. The number of amides is 2. The van der Waals surface area contributed by atoms with Crippen molar-refractivity contribution >= 4 is 11.8 Å². The van der Waals surface area contributed by atoms with Crippen LogP contribution in [0.3, 0.4) is 0 Å². The maximum atomic E-state index is 10.8. The largest absolute Gasteiger partial charge is 0.377 e. The van der Waals surface area contributed by atoms with E-state index >= 15 is 0 Å². The minimum Gasteiger partial charge on any atom is -0.377 e. The Morgan fingerprint density at radius 1 is 1.55 bits per heavy atom. The van der Waals surface area contributed by atoms with Crippen molar-refractivity contribution < 1.29 is 14.3 Å². The van der Waals surface area contributed by atoms with E-state index in [2.05, 4.69) is 5.32 Å². The fraction of sp³-hybridized carbons (Fsp3) is 0.429. The zero-order valence-corrected chi connectivity index (χ0v) is 6.22. The maximum absolute atomic E-state index is 10.8. The van der Waals surface area contributed by atoms with Gasteiger partial charge in [-0.2, -0.15) is 0 Å². The average Bonchev–Trinajstić information content (AvgIpc) is 2.26. The van der Waals surface area contributed by atoms with Gasteiger partial charge in [0, 0.05) is 18.3 Å². The van der Waals surface area contributed by atoms with E-state index in [1.165, 1.54) is 6.08 Å². The van der Waals surface area contributed by atoms with E-state index in [-0.39, 0.29) is 18.4 Å². The van der Waals surface area contributed by atoms with Crippen molar-refractivity contribution in [2.45, 2.75) is 6.92 Å². The van der Waals surface area contributed by atoms with Gasteiger partial charge < -0.3 is 4.74 Å². The van der Waals surface area contributed by atoms with Gasteiger partial charge in [-0.15, -0.1) is 0 Å². The fourth-order valence-corrected chi connectivity index (χ4v) is 0.771. The molecule has 1 rings (SSSR count). The quantitative estimate of drug-likeness (QED) is 0.564. The highest BCUT2D eigenvalue weighted by atomic mass is 16.5. The first kappa shape index (κ1) is 7.94. The molecule has 11 heavy (non-hydrogen) atoms. The predicted octanol–water partition coefficient (Wildman–Crippen LogP) is -0.394. The van der Waals surface area contributed by atoms with Gasteiger partial charge in [0.05, 0.1) is 6.61 Å². The SMILES string of the molecule is CCOCC1=CC(=O)NC1=O. The summed E-state index contributed by atoms with van der Waals surface area (Å²) < 4.78 is 4.95. The number of imide groups is 1. The fourth-order valence-electron chi connectivity index (χ4n) is 0.771. The minimum absolute atomic E-state index is 0.216. The minimum atomic E-state index is -0.357. The number of carbonyl (C=O) groups excluding carboxylic acids is 2. The number of ether oxygens (including phenoxy) is 1. The smallest absolute Gasteiger partial charge is 0.256 e. The third-order valence-corrected chi connectivity index (χ3v) is 1.30. The summed E-state index contributed by atoms with van der Waals surface area (Å²) in [4.78, 5) is 21.4. The summed E-state index contributed by atoms with van der Waals surface area (Å²) in [5.74, 6) is -0.701. The van der Waals surface area contributed by atoms with E-state index in [0.717, 1.165) is 0 Å². The van der Waals surface area contributed by atoms with Crippen LogP contribution in [0.5, 0.6) is 0 Å². The third kappa shape index (κ3) is 1.88. The molecular formula is C7H9NO3. The molecule has 1 aliphatic heterocycles. The molecule has 0 atom stereocenters. The Labute approximate surface area is 64.2 Å². The average molecular weight is 155 g/mol. The summed E-state index contributed by atoms with van der Waals surface area (Å²) >= 11 is 0. The lowest BCUT2D eigenvalue weighted by molar-refractivity contribution is -0.124. The number of hydrogen-bond acceptors (Lipinski definition) is 3. The molecule has 1 N–H and O–H groups in total. The Hall–Kier alpha value is -1.16. The third-order valence-electron chi connectivity index (χ3n) is 1.30. The molecule has 0 saturated carbocycles. The molecule has 0 aliphatic carbocycles. The lowest BCUT2D eigenvalue weighted by atomic mass is 10.3. The van der Waals surface area contributed by atoms with Crippen molar-refractivity contribution in [2.75, 3.05) is 13.2 Å². The van der Waals surface area contributed by atoms with Gasteiger partial charge in [-0.3, -0.25) is 14.9 Å². The van der Waals surface area contributed by atoms with Gasteiger partial charge in [-0.25, -0.2) is 0 Å². The number of nitrogens with one attached hydrogen (secondary N) is 1. The summed E-state index contributed by atoms with van der Waals surface area (Å²) in [7, 11) is 0. The molecule has 0 aromatic carbocycles. The van der Waals surface area contributed by atoms with Crippen LogP contribution in [-0.4, -0.2) is 25.0 Å². The molecule has 0 bridgehead atoms. The Kier molecular flexibility index (Phi) is 2.38. The van der Waals surface area contributed by atoms with E-state index in [9.17, 15) is 9.59 Å². The molecule has 0 saturated heterocycles. The second kappa shape index (κ2) is 3.30. The molecule has 0 spiro atoms. The van der Waals surface area contributed by atoms with Crippen LogP contribution in [-0.2, 0) is 14.3 Å². The van der Waals surface area contributed by atoms with Crippen LogP contribution in [0.4, 0.5) is 0 Å². The highest BCUT2D eigenvalue weighted by Crippen LogP contribution is 2.01. The first-order valence-corrected chi connectivity index (χ1v) is 3.37. The van der Waals surface area contributed by atoms with E-state index in [1.54, 1.807) is 0 Å². The molecule has 4 nitrogen and oxygen atoms in total. The van der Waals surface area contributed by atoms with Crippen molar-refractivity contribution in [2.24, 2.45) is 0 Å². The molecule has 60 valence electrons. The van der Waals surface area contributed by atoms with Gasteiger partial charge in [0.2, 0.25) is 0 Å². The summed E-state index contributed by atoms with van der Waals surface area (Å²) in [5, 5.41) is 2.13. The van der Waals surface area contributed by atoms with E-state index < -0.39 is 0 Å². The zero-order valence-electron chi connectivity index (χ0n) is 6.22. The van der Waals surface area contributed by atoms with Crippen molar-refractivity contribution in [3.8, 4) is 0 Å². The molecule has 0 fully saturated rings. The Morgan fingerprint density at radius 2 is 2.27 bits per heavy atom. The Balaban J connectivity index is 2.50.